The molecular weight excluding hydrogens is 282 g/mol. The Balaban J connectivity index is 2.05. The number of para-hydroxylation sites is 1. The largest absolute Gasteiger partial charge is 0.353 e. The fraction of sp³-hybridized carbons (Fsp3) is 0.375. The molecule has 21 heavy (non-hydrogen) atoms. The number of carbonyl (C=O) groups is 1. The quantitative estimate of drug-likeness (QED) is 0.928. The number of hydrogen-bond acceptors (Lipinski definition) is 4. The van der Waals surface area contributed by atoms with Crippen molar-refractivity contribution in [1.82, 2.24) is 10.2 Å². The Morgan fingerprint density at radius 1 is 1.48 bits per heavy atom. The monoisotopic (exact) mass is 303 g/mol. The molecule has 0 aromatic heterocycles. The van der Waals surface area contributed by atoms with Gasteiger partial charge in [0.15, 0.2) is 5.17 Å². The summed E-state index contributed by atoms with van der Waals surface area (Å²) in [5, 5.41) is 3.76. The summed E-state index contributed by atoms with van der Waals surface area (Å²) in [6, 6.07) is 8.12. The number of nitrogens with one attached hydrogen (secondary N) is 1. The van der Waals surface area contributed by atoms with Crippen LogP contribution in [0, 0.1) is 0 Å². The number of amides is 1. The maximum Gasteiger partial charge on any atom is 0.230 e. The van der Waals surface area contributed by atoms with Crippen molar-refractivity contribution in [3.8, 4) is 0 Å². The first-order valence-electron chi connectivity index (χ1n) is 7.05. The van der Waals surface area contributed by atoms with E-state index >= 15 is 0 Å². The molecule has 112 valence electrons. The molecule has 1 aromatic rings. The lowest BCUT2D eigenvalue weighted by molar-refractivity contribution is -0.119. The number of amidine groups is 1. The predicted octanol–water partition coefficient (Wildman–Crippen LogP) is 3.24. The smallest absolute Gasteiger partial charge is 0.230 e. The van der Waals surface area contributed by atoms with E-state index < -0.39 is 0 Å². The Hall–Kier alpha value is -1.75. The van der Waals surface area contributed by atoms with Crippen LogP contribution in [0.5, 0.6) is 0 Å². The highest BCUT2D eigenvalue weighted by Crippen LogP contribution is 2.34. The molecule has 1 amide bonds. The highest BCUT2D eigenvalue weighted by atomic mass is 32.2. The van der Waals surface area contributed by atoms with Crippen molar-refractivity contribution in [3.63, 3.8) is 0 Å². The van der Waals surface area contributed by atoms with Gasteiger partial charge in [0.25, 0.3) is 0 Å². The Labute approximate surface area is 130 Å². The topological polar surface area (TPSA) is 44.7 Å². The second-order valence-electron chi connectivity index (χ2n) is 5.08. The van der Waals surface area contributed by atoms with Crippen LogP contribution in [0.1, 0.15) is 25.8 Å². The first-order chi connectivity index (χ1) is 10.0. The standard InChI is InChI=1S/C16H21N3OS/c1-5-11(2)17-15(20)10-21-16-18-14-9-7-6-8-13(14)12(3)19(16)4/h6-9,11H,3,5,10H2,1-2,4H3,(H,17,20). The molecule has 2 rings (SSSR count). The van der Waals surface area contributed by atoms with Crippen LogP contribution in [0.25, 0.3) is 5.70 Å². The molecule has 1 aliphatic heterocycles. The van der Waals surface area contributed by atoms with Crippen molar-refractivity contribution < 1.29 is 4.79 Å². The SMILES string of the molecule is C=C1c2ccccc2N=C(SCC(=O)NC(C)CC)N1C. The van der Waals surface area contributed by atoms with Crippen LogP contribution in [0.15, 0.2) is 35.8 Å². The van der Waals surface area contributed by atoms with E-state index in [4.69, 9.17) is 0 Å². The first-order valence-corrected chi connectivity index (χ1v) is 8.04. The normalized spacial score (nSPS) is 15.3. The number of hydrogen-bond donors (Lipinski definition) is 1. The number of nitrogens with zero attached hydrogens (tertiary/aromatic N) is 2. The van der Waals surface area contributed by atoms with Gasteiger partial charge >= 0.3 is 0 Å². The van der Waals surface area contributed by atoms with Crippen molar-refractivity contribution in [2.24, 2.45) is 4.99 Å². The average molecular weight is 303 g/mol. The van der Waals surface area contributed by atoms with Gasteiger partial charge in [-0.3, -0.25) is 4.79 Å². The van der Waals surface area contributed by atoms with Gasteiger partial charge in [0.05, 0.1) is 11.4 Å². The van der Waals surface area contributed by atoms with E-state index in [-0.39, 0.29) is 11.9 Å². The van der Waals surface area contributed by atoms with Crippen LogP contribution < -0.4 is 5.32 Å². The highest BCUT2D eigenvalue weighted by molar-refractivity contribution is 8.14. The number of aliphatic imine (C=N–C) groups is 1. The molecule has 0 fully saturated rings. The van der Waals surface area contributed by atoms with Crippen LogP contribution in [-0.4, -0.2) is 34.8 Å². The van der Waals surface area contributed by atoms with Crippen LogP contribution >= 0.6 is 11.8 Å². The van der Waals surface area contributed by atoms with Crippen molar-refractivity contribution in [3.05, 3.63) is 36.4 Å². The van der Waals surface area contributed by atoms with E-state index in [0.29, 0.717) is 5.75 Å². The summed E-state index contributed by atoms with van der Waals surface area (Å²) in [5.41, 5.74) is 2.85. The highest BCUT2D eigenvalue weighted by Gasteiger charge is 2.21. The van der Waals surface area contributed by atoms with Gasteiger partial charge in [-0.15, -0.1) is 0 Å². The number of thioether (sulfide) groups is 1. The summed E-state index contributed by atoms with van der Waals surface area (Å²) in [6.45, 7) is 8.17. The molecule has 0 bridgehead atoms. The molecule has 0 saturated carbocycles. The van der Waals surface area contributed by atoms with Gasteiger partial charge < -0.3 is 10.2 Å². The van der Waals surface area contributed by atoms with Gasteiger partial charge in [-0.05, 0) is 19.4 Å². The Morgan fingerprint density at radius 2 is 2.19 bits per heavy atom. The molecule has 1 unspecified atom stereocenters. The van der Waals surface area contributed by atoms with Crippen molar-refractivity contribution in [2.45, 2.75) is 26.3 Å². The van der Waals surface area contributed by atoms with Gasteiger partial charge in [-0.2, -0.15) is 0 Å². The minimum atomic E-state index is 0.0370. The van der Waals surface area contributed by atoms with E-state index in [1.807, 2.05) is 43.1 Å². The maximum atomic E-state index is 11.9. The third kappa shape index (κ3) is 3.67. The fourth-order valence-electron chi connectivity index (χ4n) is 1.97. The Kier molecular flexibility index (Phi) is 5.07. The minimum absolute atomic E-state index is 0.0370. The summed E-state index contributed by atoms with van der Waals surface area (Å²) < 4.78 is 0. The van der Waals surface area contributed by atoms with Crippen molar-refractivity contribution >= 4 is 34.2 Å². The molecule has 0 radical (unpaired) electrons. The number of rotatable bonds is 4. The zero-order valence-electron chi connectivity index (χ0n) is 12.7. The van der Waals surface area contributed by atoms with E-state index in [1.165, 1.54) is 11.8 Å². The van der Waals surface area contributed by atoms with Crippen LogP contribution in [0.3, 0.4) is 0 Å². The average Bonchev–Trinajstić information content (AvgIpc) is 2.49. The molecule has 0 spiro atoms. The molecule has 1 aliphatic rings. The number of benzene rings is 1. The number of fused-ring (bicyclic) bond motifs is 1. The van der Waals surface area contributed by atoms with Gasteiger partial charge in [-0.25, -0.2) is 4.99 Å². The van der Waals surface area contributed by atoms with Crippen molar-refractivity contribution in [1.29, 1.82) is 0 Å². The molecule has 0 saturated heterocycles. The van der Waals surface area contributed by atoms with Gasteiger partial charge in [0.2, 0.25) is 5.91 Å². The molecule has 4 nitrogen and oxygen atoms in total. The molecule has 0 aliphatic carbocycles. The van der Waals surface area contributed by atoms with E-state index in [0.717, 1.165) is 28.5 Å². The third-order valence-electron chi connectivity index (χ3n) is 3.47. The summed E-state index contributed by atoms with van der Waals surface area (Å²) >= 11 is 1.44. The zero-order valence-corrected chi connectivity index (χ0v) is 13.5. The van der Waals surface area contributed by atoms with E-state index in [1.54, 1.807) is 0 Å². The minimum Gasteiger partial charge on any atom is -0.353 e. The lowest BCUT2D eigenvalue weighted by Crippen LogP contribution is -2.34. The maximum absolute atomic E-state index is 11.9. The predicted molar refractivity (Wildman–Crippen MR) is 90.7 cm³/mol. The van der Waals surface area contributed by atoms with E-state index in [2.05, 4.69) is 23.8 Å². The summed E-state index contributed by atoms with van der Waals surface area (Å²) in [4.78, 5) is 18.4. The molecule has 1 heterocycles. The van der Waals surface area contributed by atoms with Gasteiger partial charge in [-0.1, -0.05) is 43.5 Å². The summed E-state index contributed by atoms with van der Waals surface area (Å²) in [6.07, 6.45) is 0.932. The van der Waals surface area contributed by atoms with Gasteiger partial charge in [0, 0.05) is 24.4 Å². The fourth-order valence-corrected chi connectivity index (χ4v) is 2.78. The van der Waals surface area contributed by atoms with Crippen LogP contribution in [-0.2, 0) is 4.79 Å². The third-order valence-corrected chi connectivity index (χ3v) is 4.50. The second kappa shape index (κ2) is 6.80. The van der Waals surface area contributed by atoms with E-state index in [9.17, 15) is 4.79 Å². The summed E-state index contributed by atoms with van der Waals surface area (Å²) in [5.74, 6) is 0.401. The summed E-state index contributed by atoms with van der Waals surface area (Å²) in [7, 11) is 1.93. The zero-order chi connectivity index (χ0) is 15.4. The first kappa shape index (κ1) is 15.6. The molecule has 1 aromatic carbocycles. The van der Waals surface area contributed by atoms with Crippen LogP contribution in [0.2, 0.25) is 0 Å². The number of carbonyl (C=O) groups excluding carboxylic acids is 1. The molecule has 5 heteroatoms. The van der Waals surface area contributed by atoms with Crippen molar-refractivity contribution in [2.75, 3.05) is 12.8 Å². The Bertz CT molecular complexity index is 583. The Morgan fingerprint density at radius 3 is 2.90 bits per heavy atom. The molecule has 1 atom stereocenters. The lowest BCUT2D eigenvalue weighted by atomic mass is 10.1. The second-order valence-corrected chi connectivity index (χ2v) is 6.03. The molecular formula is C16H21N3OS. The van der Waals surface area contributed by atoms with Crippen LogP contribution in [0.4, 0.5) is 5.69 Å². The van der Waals surface area contributed by atoms with Gasteiger partial charge in [0.1, 0.15) is 0 Å². The molecule has 1 N–H and O–H groups in total. The lowest BCUT2D eigenvalue weighted by Gasteiger charge is -2.28.